The number of fused-ring (bicyclic) bond motifs is 1. The average molecular weight is 265 g/mol. The number of nitrogens with two attached hydrogens (primary N) is 1. The summed E-state index contributed by atoms with van der Waals surface area (Å²) in [6.45, 7) is 8.47. The van der Waals surface area contributed by atoms with Crippen molar-refractivity contribution in [1.29, 1.82) is 0 Å². The molecule has 1 aromatic rings. The second kappa shape index (κ2) is 5.25. The number of hydrogen-bond donors (Lipinski definition) is 2. The van der Waals surface area contributed by atoms with Gasteiger partial charge in [-0.15, -0.1) is 0 Å². The molecule has 1 aromatic heterocycles. The van der Waals surface area contributed by atoms with Gasteiger partial charge in [-0.2, -0.15) is 0 Å². The number of nitrogens with zero attached hydrogens (tertiary/aromatic N) is 2. The van der Waals surface area contributed by atoms with Gasteiger partial charge in [0, 0.05) is 11.7 Å². The summed E-state index contributed by atoms with van der Waals surface area (Å²) in [5.41, 5.74) is 8.86. The van der Waals surface area contributed by atoms with Crippen molar-refractivity contribution >= 4 is 0 Å². The number of aryl methyl sites for hydroxylation is 2. The molecule has 0 spiro atoms. The number of rotatable bonds is 3. The SMILES string of the molecule is Cc1nc2c(n1C(CO)C(N)C(C)(C)C)CCCC2. The van der Waals surface area contributed by atoms with Crippen LogP contribution in [-0.4, -0.2) is 27.3 Å². The maximum atomic E-state index is 9.83. The minimum absolute atomic E-state index is 0.0361. The minimum Gasteiger partial charge on any atom is -0.394 e. The molecule has 2 unspecified atom stereocenters. The monoisotopic (exact) mass is 265 g/mol. The van der Waals surface area contributed by atoms with Crippen LogP contribution >= 0.6 is 0 Å². The summed E-state index contributed by atoms with van der Waals surface area (Å²) >= 11 is 0. The lowest BCUT2D eigenvalue weighted by Crippen LogP contribution is -2.45. The lowest BCUT2D eigenvalue weighted by Gasteiger charge is -2.35. The zero-order chi connectivity index (χ0) is 14.2. The predicted molar refractivity (Wildman–Crippen MR) is 77.2 cm³/mol. The third-order valence-electron chi connectivity index (χ3n) is 4.28. The highest BCUT2D eigenvalue weighted by Gasteiger charge is 2.33. The zero-order valence-corrected chi connectivity index (χ0v) is 12.6. The number of aliphatic hydroxyl groups is 1. The van der Waals surface area contributed by atoms with E-state index in [1.807, 2.05) is 6.92 Å². The van der Waals surface area contributed by atoms with E-state index in [1.54, 1.807) is 0 Å². The van der Waals surface area contributed by atoms with Crippen LogP contribution in [0.2, 0.25) is 0 Å². The van der Waals surface area contributed by atoms with Gasteiger partial charge in [-0.25, -0.2) is 4.98 Å². The molecule has 0 saturated carbocycles. The van der Waals surface area contributed by atoms with E-state index < -0.39 is 0 Å². The van der Waals surface area contributed by atoms with Crippen LogP contribution in [0.25, 0.3) is 0 Å². The van der Waals surface area contributed by atoms with E-state index in [0.717, 1.165) is 18.7 Å². The Kier molecular flexibility index (Phi) is 4.02. The molecule has 0 bridgehead atoms. The molecule has 3 N–H and O–H groups in total. The van der Waals surface area contributed by atoms with Crippen molar-refractivity contribution in [3.05, 3.63) is 17.2 Å². The van der Waals surface area contributed by atoms with Crippen LogP contribution < -0.4 is 5.73 Å². The molecule has 4 nitrogen and oxygen atoms in total. The second-order valence-electron chi connectivity index (χ2n) is 6.77. The van der Waals surface area contributed by atoms with Crippen molar-refractivity contribution in [2.45, 2.75) is 65.5 Å². The minimum atomic E-state index is -0.0866. The fourth-order valence-electron chi connectivity index (χ4n) is 3.07. The van der Waals surface area contributed by atoms with Crippen LogP contribution in [0.4, 0.5) is 0 Å². The van der Waals surface area contributed by atoms with E-state index in [9.17, 15) is 5.11 Å². The molecule has 1 aliphatic rings. The molecule has 1 aliphatic carbocycles. The zero-order valence-electron chi connectivity index (χ0n) is 12.6. The summed E-state index contributed by atoms with van der Waals surface area (Å²) in [7, 11) is 0. The van der Waals surface area contributed by atoms with Gasteiger partial charge in [0.2, 0.25) is 0 Å². The highest BCUT2D eigenvalue weighted by molar-refractivity contribution is 5.21. The maximum absolute atomic E-state index is 9.83. The highest BCUT2D eigenvalue weighted by atomic mass is 16.3. The molecule has 0 fully saturated rings. The first kappa shape index (κ1) is 14.5. The number of hydrogen-bond acceptors (Lipinski definition) is 3. The fraction of sp³-hybridized carbons (Fsp3) is 0.800. The predicted octanol–water partition coefficient (Wildman–Crippen LogP) is 1.98. The third kappa shape index (κ3) is 2.70. The molecule has 2 atom stereocenters. The van der Waals surface area contributed by atoms with Crippen LogP contribution in [0.15, 0.2) is 0 Å². The standard InChI is InChI=1S/C15H27N3O/c1-10-17-11-7-5-6-8-12(11)18(10)13(9-19)14(16)15(2,3)4/h13-14,19H,5-9,16H2,1-4H3. The summed E-state index contributed by atoms with van der Waals surface area (Å²) < 4.78 is 2.20. The normalized spacial score (nSPS) is 19.1. The summed E-state index contributed by atoms with van der Waals surface area (Å²) in [6.07, 6.45) is 4.55. The molecule has 19 heavy (non-hydrogen) atoms. The van der Waals surface area contributed by atoms with Crippen molar-refractivity contribution < 1.29 is 5.11 Å². The first-order valence-corrected chi connectivity index (χ1v) is 7.29. The van der Waals surface area contributed by atoms with E-state index in [0.29, 0.717) is 0 Å². The van der Waals surface area contributed by atoms with Crippen molar-refractivity contribution in [3.8, 4) is 0 Å². The van der Waals surface area contributed by atoms with Crippen LogP contribution in [0.1, 0.15) is 56.9 Å². The molecular formula is C15H27N3O. The molecule has 0 aliphatic heterocycles. The van der Waals surface area contributed by atoms with E-state index in [2.05, 4.69) is 30.3 Å². The number of aliphatic hydroxyl groups excluding tert-OH is 1. The third-order valence-corrected chi connectivity index (χ3v) is 4.28. The molecule has 1 heterocycles. The Morgan fingerprint density at radius 3 is 2.53 bits per heavy atom. The van der Waals surface area contributed by atoms with E-state index in [1.165, 1.54) is 24.2 Å². The van der Waals surface area contributed by atoms with Crippen molar-refractivity contribution in [2.24, 2.45) is 11.1 Å². The largest absolute Gasteiger partial charge is 0.394 e. The van der Waals surface area contributed by atoms with Gasteiger partial charge < -0.3 is 15.4 Å². The molecule has 0 saturated heterocycles. The van der Waals surface area contributed by atoms with Gasteiger partial charge in [0.1, 0.15) is 5.82 Å². The van der Waals surface area contributed by atoms with Gasteiger partial charge in [-0.1, -0.05) is 20.8 Å². The number of aromatic nitrogens is 2. The molecular weight excluding hydrogens is 238 g/mol. The molecule has 0 radical (unpaired) electrons. The molecule has 4 heteroatoms. The Labute approximate surface area is 116 Å². The quantitative estimate of drug-likeness (QED) is 0.878. The van der Waals surface area contributed by atoms with Crippen LogP contribution in [0, 0.1) is 12.3 Å². The van der Waals surface area contributed by atoms with Crippen molar-refractivity contribution in [3.63, 3.8) is 0 Å². The van der Waals surface area contributed by atoms with Gasteiger partial charge in [0.25, 0.3) is 0 Å². The highest BCUT2D eigenvalue weighted by Crippen LogP contribution is 2.31. The molecule has 108 valence electrons. The van der Waals surface area contributed by atoms with Gasteiger partial charge in [0.05, 0.1) is 18.3 Å². The molecule has 0 aromatic carbocycles. The summed E-state index contributed by atoms with van der Waals surface area (Å²) in [5, 5.41) is 9.83. The average Bonchev–Trinajstić information content (AvgIpc) is 2.66. The van der Waals surface area contributed by atoms with Gasteiger partial charge in [-0.05, 0) is 38.0 Å². The summed E-state index contributed by atoms with van der Waals surface area (Å²) in [5.74, 6) is 0.991. The Hall–Kier alpha value is -0.870. The van der Waals surface area contributed by atoms with E-state index >= 15 is 0 Å². The van der Waals surface area contributed by atoms with Gasteiger partial charge in [0.15, 0.2) is 0 Å². The van der Waals surface area contributed by atoms with Crippen molar-refractivity contribution in [2.75, 3.05) is 6.61 Å². The Morgan fingerprint density at radius 2 is 1.95 bits per heavy atom. The summed E-state index contributed by atoms with van der Waals surface area (Å²) in [4.78, 5) is 4.68. The van der Waals surface area contributed by atoms with Crippen LogP contribution in [0.3, 0.4) is 0 Å². The van der Waals surface area contributed by atoms with Gasteiger partial charge >= 0.3 is 0 Å². The maximum Gasteiger partial charge on any atom is 0.106 e. The Balaban J connectivity index is 2.41. The smallest absolute Gasteiger partial charge is 0.106 e. The van der Waals surface area contributed by atoms with E-state index in [-0.39, 0.29) is 24.1 Å². The molecule has 0 amide bonds. The lowest BCUT2D eigenvalue weighted by molar-refractivity contribution is 0.150. The fourth-order valence-corrected chi connectivity index (χ4v) is 3.07. The van der Waals surface area contributed by atoms with Crippen LogP contribution in [-0.2, 0) is 12.8 Å². The van der Waals surface area contributed by atoms with Crippen molar-refractivity contribution in [1.82, 2.24) is 9.55 Å². The Morgan fingerprint density at radius 1 is 1.32 bits per heavy atom. The first-order valence-electron chi connectivity index (χ1n) is 7.29. The first-order chi connectivity index (χ1) is 8.86. The lowest BCUT2D eigenvalue weighted by atomic mass is 9.82. The topological polar surface area (TPSA) is 64.1 Å². The second-order valence-corrected chi connectivity index (χ2v) is 6.77. The van der Waals surface area contributed by atoms with E-state index in [4.69, 9.17) is 5.73 Å². The van der Waals surface area contributed by atoms with Crippen LogP contribution in [0.5, 0.6) is 0 Å². The van der Waals surface area contributed by atoms with Gasteiger partial charge in [-0.3, -0.25) is 0 Å². The summed E-state index contributed by atoms with van der Waals surface area (Å²) in [6, 6.07) is -0.161. The number of imidazole rings is 1. The Bertz CT molecular complexity index is 445. The molecule has 2 rings (SSSR count).